The highest BCUT2D eigenvalue weighted by atomic mass is 35.5. The summed E-state index contributed by atoms with van der Waals surface area (Å²) in [5.41, 5.74) is 6.02. The highest BCUT2D eigenvalue weighted by Crippen LogP contribution is 2.36. The van der Waals surface area contributed by atoms with E-state index in [0.717, 1.165) is 33.6 Å². The Labute approximate surface area is 355 Å². The van der Waals surface area contributed by atoms with Gasteiger partial charge in [-0.05, 0) is 81.4 Å². The lowest BCUT2D eigenvalue weighted by molar-refractivity contribution is -0.124. The molecule has 0 saturated heterocycles. The van der Waals surface area contributed by atoms with Gasteiger partial charge in [-0.3, -0.25) is 28.7 Å². The number of nitrogens with one attached hydrogen (secondary N) is 2. The molecule has 0 spiro atoms. The molecule has 8 rings (SSSR count). The van der Waals surface area contributed by atoms with E-state index >= 15 is 0 Å². The lowest BCUT2D eigenvalue weighted by Crippen LogP contribution is -2.28. The van der Waals surface area contributed by atoms with Gasteiger partial charge >= 0.3 is 0 Å². The summed E-state index contributed by atoms with van der Waals surface area (Å²) in [7, 11) is 1.61. The second kappa shape index (κ2) is 17.4. The van der Waals surface area contributed by atoms with Crippen LogP contribution in [-0.2, 0) is 14.3 Å². The van der Waals surface area contributed by atoms with Gasteiger partial charge in [-0.1, -0.05) is 47.5 Å². The Balaban J connectivity index is 0.988. The SMILES string of the molecule is CCNC(=O)C[C@@H]1N=C(c2ccc(Cl)cc2)c2cc(OCOCNC(=O)C[C@@H]3N=C(c4ccc(Cl)cc4)c4cc(OC)ccc4-n4c(C)nnc43)ccc2-n2c(C)nnc21. The zero-order chi connectivity index (χ0) is 41.9. The Kier molecular flexibility index (Phi) is 11.7. The quantitative estimate of drug-likeness (QED) is 0.0959. The summed E-state index contributed by atoms with van der Waals surface area (Å²) >= 11 is 12.5. The Bertz CT molecular complexity index is 2640. The number of ether oxygens (including phenoxy) is 3. The van der Waals surface area contributed by atoms with E-state index in [2.05, 4.69) is 31.0 Å². The van der Waals surface area contributed by atoms with Crippen molar-refractivity contribution in [2.45, 2.75) is 45.7 Å². The first kappa shape index (κ1) is 40.4. The molecule has 0 bridgehead atoms. The molecule has 306 valence electrons. The molecular formula is C43H40Cl2N10O5. The lowest BCUT2D eigenvalue weighted by atomic mass is 10.00. The van der Waals surface area contributed by atoms with E-state index in [9.17, 15) is 9.59 Å². The molecule has 0 aliphatic carbocycles. The number of carbonyl (C=O) groups excluding carboxylic acids is 2. The summed E-state index contributed by atoms with van der Waals surface area (Å²) in [6, 6.07) is 24.7. The molecule has 0 fully saturated rings. The van der Waals surface area contributed by atoms with E-state index in [4.69, 9.17) is 47.4 Å². The van der Waals surface area contributed by atoms with E-state index in [-0.39, 0.29) is 38.2 Å². The first-order valence-electron chi connectivity index (χ1n) is 19.2. The van der Waals surface area contributed by atoms with Crippen LogP contribution in [0.25, 0.3) is 11.4 Å². The molecule has 2 amide bonds. The van der Waals surface area contributed by atoms with Crippen molar-refractivity contribution >= 4 is 46.4 Å². The number of carbonyl (C=O) groups is 2. The van der Waals surface area contributed by atoms with Gasteiger partial charge in [0.1, 0.15) is 42.0 Å². The molecule has 2 N–H and O–H groups in total. The second-order valence-electron chi connectivity index (χ2n) is 14.0. The number of aryl methyl sites for hydroxylation is 2. The van der Waals surface area contributed by atoms with Gasteiger partial charge in [0.15, 0.2) is 18.4 Å². The standard InChI is InChI=1S/C43H40Cl2N10O5/c1-5-46-38(56)20-34-42-52-51-25(3)55(42)37-17-15-31(19-33(37)41(48-34)27-8-12-29(45)13-9-27)60-23-59-22-47-39(57)21-35-43-53-50-24(2)54(43)36-16-14-30(58-4)18-32(36)40(49-35)26-6-10-28(44)11-7-26/h6-19,34-35H,5,20-23H2,1-4H3,(H,46,56)(H,47,57)/t34-,35-/m0/s1. The Morgan fingerprint density at radius 2 is 1.15 bits per heavy atom. The average molecular weight is 848 g/mol. The Morgan fingerprint density at radius 3 is 1.65 bits per heavy atom. The van der Waals surface area contributed by atoms with Crippen LogP contribution in [0.4, 0.5) is 0 Å². The van der Waals surface area contributed by atoms with Crippen molar-refractivity contribution in [3.63, 3.8) is 0 Å². The number of rotatable bonds is 13. The van der Waals surface area contributed by atoms with Crippen LogP contribution in [0.2, 0.25) is 10.0 Å². The normalized spacial score (nSPS) is 15.2. The first-order chi connectivity index (χ1) is 29.1. The molecule has 4 aromatic carbocycles. The maximum Gasteiger partial charge on any atom is 0.224 e. The number of halogens is 2. The molecule has 2 aliphatic heterocycles. The number of aromatic nitrogens is 6. The predicted octanol–water partition coefficient (Wildman–Crippen LogP) is 6.61. The Morgan fingerprint density at radius 1 is 0.667 bits per heavy atom. The molecule has 2 aliphatic rings. The average Bonchev–Trinajstić information content (AvgIpc) is 3.75. The fourth-order valence-corrected chi connectivity index (χ4v) is 7.54. The van der Waals surface area contributed by atoms with E-state index in [1.807, 2.05) is 90.6 Å². The summed E-state index contributed by atoms with van der Waals surface area (Å²) in [5.74, 6) is 3.04. The van der Waals surface area contributed by atoms with Gasteiger partial charge in [-0.15, -0.1) is 20.4 Å². The number of aliphatic imine (C=N–C) groups is 2. The van der Waals surface area contributed by atoms with Crippen LogP contribution in [0.15, 0.2) is 94.9 Å². The zero-order valence-corrected chi connectivity index (χ0v) is 34.7. The van der Waals surface area contributed by atoms with Gasteiger partial charge in [0.05, 0.1) is 42.7 Å². The number of hydrogen-bond donors (Lipinski definition) is 2. The highest BCUT2D eigenvalue weighted by Gasteiger charge is 2.32. The molecular weight excluding hydrogens is 807 g/mol. The molecule has 2 aromatic heterocycles. The van der Waals surface area contributed by atoms with Crippen LogP contribution in [-0.4, -0.2) is 79.9 Å². The van der Waals surface area contributed by atoms with Gasteiger partial charge < -0.3 is 24.8 Å². The van der Waals surface area contributed by atoms with Gasteiger partial charge in [0.2, 0.25) is 11.8 Å². The summed E-state index contributed by atoms with van der Waals surface area (Å²) in [6.45, 7) is 5.77. The van der Waals surface area contributed by atoms with E-state index in [1.54, 1.807) is 31.4 Å². The first-order valence-corrected chi connectivity index (χ1v) is 20.0. The minimum Gasteiger partial charge on any atom is -0.497 e. The number of amides is 2. The molecule has 6 aromatic rings. The third-order valence-electron chi connectivity index (χ3n) is 10.1. The fourth-order valence-electron chi connectivity index (χ4n) is 7.29. The lowest BCUT2D eigenvalue weighted by Gasteiger charge is -2.15. The zero-order valence-electron chi connectivity index (χ0n) is 33.1. The number of hydrogen-bond acceptors (Lipinski definition) is 11. The number of benzene rings is 4. The van der Waals surface area contributed by atoms with Crippen molar-refractivity contribution in [2.75, 3.05) is 27.2 Å². The molecule has 0 radical (unpaired) electrons. The monoisotopic (exact) mass is 846 g/mol. The van der Waals surface area contributed by atoms with Crippen LogP contribution < -0.4 is 20.1 Å². The maximum absolute atomic E-state index is 13.5. The third kappa shape index (κ3) is 8.24. The van der Waals surface area contributed by atoms with Crippen molar-refractivity contribution in [1.82, 2.24) is 40.2 Å². The van der Waals surface area contributed by atoms with Gasteiger partial charge in [0, 0.05) is 38.8 Å². The molecule has 15 nitrogen and oxygen atoms in total. The maximum atomic E-state index is 13.5. The van der Waals surface area contributed by atoms with Gasteiger partial charge in [0.25, 0.3) is 0 Å². The van der Waals surface area contributed by atoms with Gasteiger partial charge in [-0.2, -0.15) is 0 Å². The minimum atomic E-state index is -0.682. The fraction of sp³-hybridized carbons (Fsp3) is 0.256. The van der Waals surface area contributed by atoms with Crippen LogP contribution in [0.1, 0.15) is 77.4 Å². The highest BCUT2D eigenvalue weighted by molar-refractivity contribution is 6.31. The smallest absolute Gasteiger partial charge is 0.224 e. The van der Waals surface area contributed by atoms with E-state index in [0.29, 0.717) is 62.8 Å². The van der Waals surface area contributed by atoms with Crippen molar-refractivity contribution in [3.8, 4) is 22.9 Å². The minimum absolute atomic E-state index is 0.0339. The summed E-state index contributed by atoms with van der Waals surface area (Å²) in [5, 5.41) is 24.4. The van der Waals surface area contributed by atoms with Gasteiger partial charge in [-0.25, -0.2) is 0 Å². The largest absolute Gasteiger partial charge is 0.497 e. The van der Waals surface area contributed by atoms with Crippen LogP contribution in [0.3, 0.4) is 0 Å². The van der Waals surface area contributed by atoms with Crippen LogP contribution in [0.5, 0.6) is 11.5 Å². The Hall–Kier alpha value is -6.42. The number of nitrogens with zero attached hydrogens (tertiary/aromatic N) is 8. The molecule has 17 heteroatoms. The van der Waals surface area contributed by atoms with Crippen molar-refractivity contribution in [3.05, 3.63) is 141 Å². The summed E-state index contributed by atoms with van der Waals surface area (Å²) < 4.78 is 21.2. The molecule has 60 heavy (non-hydrogen) atoms. The third-order valence-corrected chi connectivity index (χ3v) is 10.6. The van der Waals surface area contributed by atoms with Crippen molar-refractivity contribution in [2.24, 2.45) is 9.98 Å². The molecule has 0 unspecified atom stereocenters. The second-order valence-corrected chi connectivity index (χ2v) is 14.9. The predicted molar refractivity (Wildman–Crippen MR) is 226 cm³/mol. The molecule has 4 heterocycles. The molecule has 0 saturated carbocycles. The summed E-state index contributed by atoms with van der Waals surface area (Å²) in [4.78, 5) is 36.5. The van der Waals surface area contributed by atoms with Crippen molar-refractivity contribution < 1.29 is 23.8 Å². The van der Waals surface area contributed by atoms with Crippen molar-refractivity contribution in [1.29, 1.82) is 0 Å². The topological polar surface area (TPSA) is 172 Å². The molecule has 2 atom stereocenters. The van der Waals surface area contributed by atoms with E-state index < -0.39 is 12.1 Å². The number of methoxy groups -OCH3 is 1. The van der Waals surface area contributed by atoms with Crippen LogP contribution in [0, 0.1) is 13.8 Å². The summed E-state index contributed by atoms with van der Waals surface area (Å²) in [6.07, 6.45) is 0.0487. The van der Waals surface area contributed by atoms with Crippen LogP contribution >= 0.6 is 23.2 Å². The van der Waals surface area contributed by atoms with E-state index in [1.165, 1.54) is 0 Å². The number of fused-ring (bicyclic) bond motifs is 6.